The smallest absolute Gasteiger partial charge is 0.410 e. The fourth-order valence-electron chi connectivity index (χ4n) is 2.51. The third-order valence-corrected chi connectivity index (χ3v) is 3.37. The van der Waals surface area contributed by atoms with Gasteiger partial charge in [-0.1, -0.05) is 12.1 Å². The number of rotatable bonds is 2. The first-order valence-corrected chi connectivity index (χ1v) is 7.61. The molecule has 4 nitrogen and oxygen atoms in total. The Balaban J connectivity index is 2.17. The first kappa shape index (κ1) is 15.7. The maximum absolute atomic E-state index is 12.2. The second kappa shape index (κ2) is 5.96. The molecule has 1 N–H and O–H groups in total. The second-order valence-corrected chi connectivity index (χ2v) is 6.89. The van der Waals surface area contributed by atoms with Crippen molar-refractivity contribution < 1.29 is 9.53 Å². The van der Waals surface area contributed by atoms with E-state index >= 15 is 0 Å². The predicted octanol–water partition coefficient (Wildman–Crippen LogP) is 3.80. The van der Waals surface area contributed by atoms with E-state index in [1.54, 1.807) is 4.90 Å². The van der Waals surface area contributed by atoms with Crippen LogP contribution in [0.15, 0.2) is 18.2 Å². The van der Waals surface area contributed by atoms with Gasteiger partial charge in [-0.2, -0.15) is 0 Å². The summed E-state index contributed by atoms with van der Waals surface area (Å²) in [6, 6.07) is 6.67. The maximum Gasteiger partial charge on any atom is 0.410 e. The Kier molecular flexibility index (Phi) is 4.45. The van der Waals surface area contributed by atoms with Crippen LogP contribution in [0.3, 0.4) is 0 Å². The predicted molar refractivity (Wildman–Crippen MR) is 85.5 cm³/mol. The molecule has 1 aliphatic heterocycles. The molecule has 1 heterocycles. The van der Waals surface area contributed by atoms with Gasteiger partial charge in [0, 0.05) is 18.3 Å². The Morgan fingerprint density at radius 2 is 2.05 bits per heavy atom. The lowest BCUT2D eigenvalue weighted by Crippen LogP contribution is -2.40. The van der Waals surface area contributed by atoms with E-state index in [-0.39, 0.29) is 6.09 Å². The molecule has 0 aliphatic carbocycles. The van der Waals surface area contributed by atoms with Gasteiger partial charge in [0.05, 0.1) is 6.54 Å². The zero-order chi connectivity index (χ0) is 15.6. The molecule has 0 unspecified atom stereocenters. The van der Waals surface area contributed by atoms with Crippen molar-refractivity contribution >= 4 is 11.8 Å². The zero-order valence-corrected chi connectivity index (χ0v) is 13.7. The van der Waals surface area contributed by atoms with Gasteiger partial charge in [0.1, 0.15) is 5.60 Å². The van der Waals surface area contributed by atoms with Gasteiger partial charge in [-0.3, -0.25) is 0 Å². The van der Waals surface area contributed by atoms with E-state index in [4.69, 9.17) is 4.74 Å². The highest BCUT2D eigenvalue weighted by molar-refractivity contribution is 5.70. The third-order valence-electron chi connectivity index (χ3n) is 3.37. The standard InChI is InChI=1S/C17H26N2O2/c1-12(2)18-15-8-6-7-13-9-10-19(11-14(13)15)16(20)21-17(3,4)5/h6-8,12,18H,9-11H2,1-5H3. The van der Waals surface area contributed by atoms with Crippen LogP contribution in [0.4, 0.5) is 10.5 Å². The third kappa shape index (κ3) is 4.13. The van der Waals surface area contributed by atoms with E-state index in [0.717, 1.165) is 12.1 Å². The summed E-state index contributed by atoms with van der Waals surface area (Å²) in [6.45, 7) is 11.3. The lowest BCUT2D eigenvalue weighted by molar-refractivity contribution is 0.0224. The first-order valence-electron chi connectivity index (χ1n) is 7.61. The number of carbonyl (C=O) groups excluding carboxylic acids is 1. The molecule has 116 valence electrons. The molecule has 0 radical (unpaired) electrons. The van der Waals surface area contributed by atoms with Crippen molar-refractivity contribution in [1.29, 1.82) is 0 Å². The minimum absolute atomic E-state index is 0.229. The molecule has 0 fully saturated rings. The Bertz CT molecular complexity index is 518. The topological polar surface area (TPSA) is 41.6 Å². The molecule has 1 amide bonds. The largest absolute Gasteiger partial charge is 0.444 e. The lowest BCUT2D eigenvalue weighted by Gasteiger charge is -2.32. The average Bonchev–Trinajstić information content (AvgIpc) is 2.36. The summed E-state index contributed by atoms with van der Waals surface area (Å²) in [5, 5.41) is 3.46. The monoisotopic (exact) mass is 290 g/mol. The minimum Gasteiger partial charge on any atom is -0.444 e. The van der Waals surface area contributed by atoms with Gasteiger partial charge in [-0.25, -0.2) is 4.79 Å². The van der Waals surface area contributed by atoms with Crippen molar-refractivity contribution in [3.8, 4) is 0 Å². The summed E-state index contributed by atoms with van der Waals surface area (Å²) in [4.78, 5) is 14.0. The first-order chi connectivity index (χ1) is 9.76. The van der Waals surface area contributed by atoms with Gasteiger partial charge < -0.3 is 15.0 Å². The van der Waals surface area contributed by atoms with E-state index in [2.05, 4.69) is 37.4 Å². The van der Waals surface area contributed by atoms with Gasteiger partial charge in [-0.15, -0.1) is 0 Å². The average molecular weight is 290 g/mol. The molecular formula is C17H26N2O2. The molecule has 0 saturated heterocycles. The van der Waals surface area contributed by atoms with E-state index in [1.165, 1.54) is 11.1 Å². The Morgan fingerprint density at radius 3 is 2.67 bits per heavy atom. The normalized spacial score (nSPS) is 14.9. The Hall–Kier alpha value is -1.71. The van der Waals surface area contributed by atoms with Crippen LogP contribution in [0.2, 0.25) is 0 Å². The van der Waals surface area contributed by atoms with Crippen LogP contribution in [-0.2, 0) is 17.7 Å². The van der Waals surface area contributed by atoms with Crippen molar-refractivity contribution in [3.63, 3.8) is 0 Å². The molecule has 21 heavy (non-hydrogen) atoms. The van der Waals surface area contributed by atoms with Crippen molar-refractivity contribution in [2.75, 3.05) is 11.9 Å². The van der Waals surface area contributed by atoms with Crippen LogP contribution < -0.4 is 5.32 Å². The number of carbonyl (C=O) groups is 1. The van der Waals surface area contributed by atoms with Crippen molar-refractivity contribution in [2.45, 2.75) is 59.2 Å². The molecule has 1 aliphatic rings. The van der Waals surface area contributed by atoms with Crippen LogP contribution >= 0.6 is 0 Å². The van der Waals surface area contributed by atoms with Crippen LogP contribution in [-0.4, -0.2) is 29.2 Å². The molecule has 0 aromatic heterocycles. The van der Waals surface area contributed by atoms with Crippen molar-refractivity contribution in [1.82, 2.24) is 4.90 Å². The van der Waals surface area contributed by atoms with Crippen molar-refractivity contribution in [2.24, 2.45) is 0 Å². The minimum atomic E-state index is -0.451. The van der Waals surface area contributed by atoms with E-state index in [9.17, 15) is 4.79 Å². The summed E-state index contributed by atoms with van der Waals surface area (Å²) in [5.41, 5.74) is 3.20. The lowest BCUT2D eigenvalue weighted by atomic mass is 9.98. The van der Waals surface area contributed by atoms with Gasteiger partial charge >= 0.3 is 6.09 Å². The molecule has 2 rings (SSSR count). The van der Waals surface area contributed by atoms with Gasteiger partial charge in [-0.05, 0) is 58.2 Å². The fraction of sp³-hybridized carbons (Fsp3) is 0.588. The number of fused-ring (bicyclic) bond motifs is 1. The fourth-order valence-corrected chi connectivity index (χ4v) is 2.51. The van der Waals surface area contributed by atoms with E-state index < -0.39 is 5.60 Å². The zero-order valence-electron chi connectivity index (χ0n) is 13.7. The van der Waals surface area contributed by atoms with Crippen LogP contribution in [0.1, 0.15) is 45.7 Å². The van der Waals surface area contributed by atoms with E-state index in [1.807, 2.05) is 20.8 Å². The number of nitrogens with one attached hydrogen (secondary N) is 1. The van der Waals surface area contributed by atoms with Crippen LogP contribution in [0.25, 0.3) is 0 Å². The Labute approximate surface area is 127 Å². The molecule has 0 spiro atoms. The van der Waals surface area contributed by atoms with Crippen LogP contribution in [0, 0.1) is 0 Å². The van der Waals surface area contributed by atoms with E-state index in [0.29, 0.717) is 19.1 Å². The highest BCUT2D eigenvalue weighted by Crippen LogP contribution is 2.27. The molecular weight excluding hydrogens is 264 g/mol. The highest BCUT2D eigenvalue weighted by atomic mass is 16.6. The summed E-state index contributed by atoms with van der Waals surface area (Å²) in [5.74, 6) is 0. The van der Waals surface area contributed by atoms with Gasteiger partial charge in [0.25, 0.3) is 0 Å². The molecule has 0 atom stereocenters. The summed E-state index contributed by atoms with van der Waals surface area (Å²) < 4.78 is 5.48. The van der Waals surface area contributed by atoms with Crippen LogP contribution in [0.5, 0.6) is 0 Å². The van der Waals surface area contributed by atoms with Gasteiger partial charge in [0.2, 0.25) is 0 Å². The summed E-state index contributed by atoms with van der Waals surface area (Å²) >= 11 is 0. The highest BCUT2D eigenvalue weighted by Gasteiger charge is 2.26. The maximum atomic E-state index is 12.2. The summed E-state index contributed by atoms with van der Waals surface area (Å²) in [6.07, 6.45) is 0.648. The molecule has 1 aromatic rings. The number of hydrogen-bond donors (Lipinski definition) is 1. The SMILES string of the molecule is CC(C)Nc1cccc2c1CN(C(=O)OC(C)(C)C)CC2. The number of benzene rings is 1. The quantitative estimate of drug-likeness (QED) is 0.900. The van der Waals surface area contributed by atoms with Crippen molar-refractivity contribution in [3.05, 3.63) is 29.3 Å². The molecule has 4 heteroatoms. The molecule has 0 bridgehead atoms. The summed E-state index contributed by atoms with van der Waals surface area (Å²) in [7, 11) is 0. The number of anilines is 1. The number of amides is 1. The van der Waals surface area contributed by atoms with Gasteiger partial charge in [0.15, 0.2) is 0 Å². The Morgan fingerprint density at radius 1 is 1.33 bits per heavy atom. The number of ether oxygens (including phenoxy) is 1. The number of hydrogen-bond acceptors (Lipinski definition) is 3. The molecule has 0 saturated carbocycles. The molecule has 1 aromatic carbocycles. The number of nitrogens with zero attached hydrogens (tertiary/aromatic N) is 1. The second-order valence-electron chi connectivity index (χ2n) is 6.89.